The highest BCUT2D eigenvalue weighted by molar-refractivity contribution is 6.26. The van der Waals surface area contributed by atoms with Crippen molar-refractivity contribution in [2.45, 2.75) is 0 Å². The van der Waals surface area contributed by atoms with Gasteiger partial charge in [0.2, 0.25) is 0 Å². The molecule has 0 fully saturated rings. The standard InChI is InChI=1S/C50H32N4/c1-3-15-34(16-4-1)42-32-43(52-50(51-42)36-17-5-2-6-18-36)35-26-28-37(29-27-35)53-46-24-12-10-22-41(46)48-47(53)31-30-40-39-21-9-11-23-45(39)54(49(40)48)44-25-13-19-33-14-7-8-20-38(33)44/h1-32H. The van der Waals surface area contributed by atoms with E-state index in [4.69, 9.17) is 9.97 Å². The summed E-state index contributed by atoms with van der Waals surface area (Å²) in [5, 5.41) is 7.42. The molecule has 0 unspecified atom stereocenters. The fourth-order valence-corrected chi connectivity index (χ4v) is 8.29. The van der Waals surface area contributed by atoms with Crippen LogP contribution < -0.4 is 0 Å². The Morgan fingerprint density at radius 1 is 0.352 bits per heavy atom. The van der Waals surface area contributed by atoms with E-state index in [1.54, 1.807) is 0 Å². The number of para-hydroxylation sites is 2. The molecule has 0 aliphatic carbocycles. The molecule has 0 N–H and O–H groups in total. The van der Waals surface area contributed by atoms with Gasteiger partial charge in [-0.15, -0.1) is 0 Å². The van der Waals surface area contributed by atoms with Crippen LogP contribution in [0.3, 0.4) is 0 Å². The second-order valence-corrected chi connectivity index (χ2v) is 13.8. The summed E-state index contributed by atoms with van der Waals surface area (Å²) < 4.78 is 4.89. The summed E-state index contributed by atoms with van der Waals surface area (Å²) in [6.45, 7) is 0. The van der Waals surface area contributed by atoms with Crippen molar-refractivity contribution in [1.82, 2.24) is 19.1 Å². The Balaban J connectivity index is 1.13. The quantitative estimate of drug-likeness (QED) is 0.180. The maximum atomic E-state index is 5.09. The van der Waals surface area contributed by atoms with E-state index in [1.807, 2.05) is 24.3 Å². The van der Waals surface area contributed by atoms with Crippen LogP contribution in [0.1, 0.15) is 0 Å². The van der Waals surface area contributed by atoms with Gasteiger partial charge in [-0.05, 0) is 47.9 Å². The molecule has 8 aromatic carbocycles. The Morgan fingerprint density at radius 3 is 1.67 bits per heavy atom. The maximum absolute atomic E-state index is 5.09. The molecule has 11 aromatic rings. The second kappa shape index (κ2) is 12.1. The number of hydrogen-bond donors (Lipinski definition) is 0. The van der Waals surface area contributed by atoms with Crippen molar-refractivity contribution < 1.29 is 0 Å². The summed E-state index contributed by atoms with van der Waals surface area (Å²) in [5.41, 5.74) is 11.9. The van der Waals surface area contributed by atoms with E-state index in [2.05, 4.69) is 179 Å². The minimum atomic E-state index is 0.712. The van der Waals surface area contributed by atoms with Crippen molar-refractivity contribution in [3.63, 3.8) is 0 Å². The van der Waals surface area contributed by atoms with Gasteiger partial charge in [-0.3, -0.25) is 0 Å². The predicted octanol–water partition coefficient (Wildman–Crippen LogP) is 12.8. The first-order valence-electron chi connectivity index (χ1n) is 18.3. The average molecular weight is 689 g/mol. The lowest BCUT2D eigenvalue weighted by atomic mass is 10.1. The predicted molar refractivity (Wildman–Crippen MR) is 225 cm³/mol. The largest absolute Gasteiger partial charge is 0.309 e. The molecule has 0 spiro atoms. The Morgan fingerprint density at radius 2 is 0.926 bits per heavy atom. The van der Waals surface area contributed by atoms with Gasteiger partial charge in [0, 0.05) is 49.3 Å². The summed E-state index contributed by atoms with van der Waals surface area (Å²) in [4.78, 5) is 10.1. The van der Waals surface area contributed by atoms with Crippen molar-refractivity contribution >= 4 is 54.4 Å². The first-order chi connectivity index (χ1) is 26.8. The van der Waals surface area contributed by atoms with Crippen LogP contribution in [-0.2, 0) is 0 Å². The van der Waals surface area contributed by atoms with Crippen LogP contribution in [-0.4, -0.2) is 19.1 Å². The van der Waals surface area contributed by atoms with Gasteiger partial charge in [-0.1, -0.05) is 152 Å². The molecule has 0 amide bonds. The molecule has 0 saturated carbocycles. The number of aromatic nitrogens is 4. The molecule has 3 aromatic heterocycles. The molecule has 0 aliphatic rings. The minimum absolute atomic E-state index is 0.712. The summed E-state index contributed by atoms with van der Waals surface area (Å²) >= 11 is 0. The van der Waals surface area contributed by atoms with Crippen molar-refractivity contribution in [2.75, 3.05) is 0 Å². The number of fused-ring (bicyclic) bond motifs is 8. The number of rotatable bonds is 5. The van der Waals surface area contributed by atoms with Gasteiger partial charge in [-0.2, -0.15) is 0 Å². The molecule has 54 heavy (non-hydrogen) atoms. The summed E-state index contributed by atoms with van der Waals surface area (Å²) in [5.74, 6) is 0.712. The van der Waals surface area contributed by atoms with Crippen LogP contribution in [0.5, 0.6) is 0 Å². The Labute approximate surface area is 311 Å². The highest BCUT2D eigenvalue weighted by Gasteiger charge is 2.21. The Bertz CT molecular complexity index is 3130. The van der Waals surface area contributed by atoms with E-state index in [0.717, 1.165) is 33.8 Å². The fraction of sp³-hybridized carbons (Fsp3) is 0. The van der Waals surface area contributed by atoms with Gasteiger partial charge in [0.15, 0.2) is 5.82 Å². The fourth-order valence-electron chi connectivity index (χ4n) is 8.29. The summed E-state index contributed by atoms with van der Waals surface area (Å²) in [6, 6.07) is 69.0. The van der Waals surface area contributed by atoms with Gasteiger partial charge in [0.1, 0.15) is 0 Å². The van der Waals surface area contributed by atoms with E-state index in [9.17, 15) is 0 Å². The zero-order valence-electron chi connectivity index (χ0n) is 29.3. The normalized spacial score (nSPS) is 11.7. The van der Waals surface area contributed by atoms with E-state index < -0.39 is 0 Å². The molecule has 0 aliphatic heterocycles. The van der Waals surface area contributed by atoms with Crippen molar-refractivity contribution in [3.8, 4) is 45.3 Å². The van der Waals surface area contributed by atoms with Crippen LogP contribution >= 0.6 is 0 Å². The van der Waals surface area contributed by atoms with E-state index >= 15 is 0 Å². The van der Waals surface area contributed by atoms with Gasteiger partial charge in [-0.25, -0.2) is 9.97 Å². The van der Waals surface area contributed by atoms with Crippen molar-refractivity contribution in [2.24, 2.45) is 0 Å². The zero-order valence-corrected chi connectivity index (χ0v) is 29.3. The van der Waals surface area contributed by atoms with Crippen LogP contribution in [0.15, 0.2) is 194 Å². The van der Waals surface area contributed by atoms with Gasteiger partial charge in [0.05, 0.1) is 39.1 Å². The Hall–Kier alpha value is -7.30. The second-order valence-electron chi connectivity index (χ2n) is 13.8. The van der Waals surface area contributed by atoms with Crippen LogP contribution in [0.2, 0.25) is 0 Å². The monoisotopic (exact) mass is 688 g/mol. The lowest BCUT2D eigenvalue weighted by Gasteiger charge is -2.13. The van der Waals surface area contributed by atoms with Crippen molar-refractivity contribution in [3.05, 3.63) is 194 Å². The highest BCUT2D eigenvalue weighted by atomic mass is 15.0. The van der Waals surface area contributed by atoms with E-state index in [0.29, 0.717) is 5.82 Å². The first-order valence-corrected chi connectivity index (χ1v) is 18.3. The van der Waals surface area contributed by atoms with Gasteiger partial charge >= 0.3 is 0 Å². The molecule has 3 heterocycles. The number of hydrogen-bond acceptors (Lipinski definition) is 2. The maximum Gasteiger partial charge on any atom is 0.160 e. The molecule has 4 nitrogen and oxygen atoms in total. The lowest BCUT2D eigenvalue weighted by Crippen LogP contribution is -1.97. The first kappa shape index (κ1) is 30.3. The van der Waals surface area contributed by atoms with E-state index in [-0.39, 0.29) is 0 Å². The molecule has 0 bridgehead atoms. The molecule has 11 rings (SSSR count). The van der Waals surface area contributed by atoms with E-state index in [1.165, 1.54) is 60.1 Å². The van der Waals surface area contributed by atoms with Crippen molar-refractivity contribution in [1.29, 1.82) is 0 Å². The molecular weight excluding hydrogens is 657 g/mol. The molecule has 0 atom stereocenters. The lowest BCUT2D eigenvalue weighted by molar-refractivity contribution is 1.17. The minimum Gasteiger partial charge on any atom is -0.309 e. The third kappa shape index (κ3) is 4.70. The third-order valence-corrected chi connectivity index (χ3v) is 10.7. The molecule has 0 saturated heterocycles. The third-order valence-electron chi connectivity index (χ3n) is 10.7. The average Bonchev–Trinajstić information content (AvgIpc) is 3.77. The highest BCUT2D eigenvalue weighted by Crippen LogP contribution is 2.43. The summed E-state index contributed by atoms with van der Waals surface area (Å²) in [7, 11) is 0. The topological polar surface area (TPSA) is 35.6 Å². The van der Waals surface area contributed by atoms with Crippen LogP contribution in [0.4, 0.5) is 0 Å². The Kier molecular flexibility index (Phi) is 6.82. The van der Waals surface area contributed by atoms with Gasteiger partial charge in [0.25, 0.3) is 0 Å². The SMILES string of the molecule is c1ccc(-c2cc(-c3ccc(-n4c5ccccc5c5c4ccc4c6ccccc6n(-c6cccc7ccccc67)c45)cc3)nc(-c3ccccc3)n2)cc1. The summed E-state index contributed by atoms with van der Waals surface area (Å²) in [6.07, 6.45) is 0. The van der Waals surface area contributed by atoms with Crippen LogP contribution in [0, 0.1) is 0 Å². The molecule has 0 radical (unpaired) electrons. The number of benzene rings is 8. The van der Waals surface area contributed by atoms with Gasteiger partial charge < -0.3 is 9.13 Å². The van der Waals surface area contributed by atoms with Crippen LogP contribution in [0.25, 0.3) is 99.7 Å². The smallest absolute Gasteiger partial charge is 0.160 e. The molecule has 4 heteroatoms. The zero-order chi connectivity index (χ0) is 35.6. The molecular formula is C50H32N4. The molecule has 252 valence electrons. The number of nitrogens with zero attached hydrogens (tertiary/aromatic N) is 4.